The van der Waals surface area contributed by atoms with E-state index in [2.05, 4.69) is 28.2 Å². The summed E-state index contributed by atoms with van der Waals surface area (Å²) in [6.07, 6.45) is 3.44. The Balaban J connectivity index is 2.32. The van der Waals surface area contributed by atoms with Gasteiger partial charge in [-0.1, -0.05) is 18.5 Å². The molecule has 0 saturated carbocycles. The van der Waals surface area contributed by atoms with Crippen LogP contribution in [0.1, 0.15) is 23.4 Å². The lowest BCUT2D eigenvalue weighted by molar-refractivity contribution is 0.554. The molecule has 0 spiro atoms. The van der Waals surface area contributed by atoms with E-state index in [1.807, 2.05) is 12.1 Å². The number of hydrogen-bond acceptors (Lipinski definition) is 3. The van der Waals surface area contributed by atoms with Gasteiger partial charge in [-0.25, -0.2) is 0 Å². The molecule has 0 aliphatic carbocycles. The number of furan rings is 1. The van der Waals surface area contributed by atoms with Crippen molar-refractivity contribution in [1.29, 1.82) is 0 Å². The fourth-order valence-corrected chi connectivity index (χ4v) is 3.37. The molecule has 2 aromatic rings. The Hall–Kier alpha value is -0.290. The molecule has 1 unspecified atom stereocenters. The van der Waals surface area contributed by atoms with Gasteiger partial charge >= 0.3 is 0 Å². The van der Waals surface area contributed by atoms with E-state index in [4.69, 9.17) is 16.0 Å². The van der Waals surface area contributed by atoms with Gasteiger partial charge in [-0.2, -0.15) is 0 Å². The van der Waals surface area contributed by atoms with Gasteiger partial charge in [-0.05, 0) is 34.6 Å². The molecule has 0 bridgehead atoms. The minimum Gasteiger partial charge on any atom is -0.472 e. The van der Waals surface area contributed by atoms with E-state index in [0.29, 0.717) is 0 Å². The predicted octanol–water partition coefficient (Wildman–Crippen LogP) is 4.46. The van der Waals surface area contributed by atoms with E-state index in [0.717, 1.165) is 20.9 Å². The van der Waals surface area contributed by atoms with Crippen LogP contribution in [0, 0.1) is 0 Å². The second kappa shape index (κ2) is 5.36. The monoisotopic (exact) mass is 319 g/mol. The van der Waals surface area contributed by atoms with E-state index in [1.54, 1.807) is 23.9 Å². The SMILES string of the molecule is CCNC(c1ccoc1)c1cc(Br)c(Cl)s1. The van der Waals surface area contributed by atoms with Crippen molar-refractivity contribution >= 4 is 38.9 Å². The Kier molecular flexibility index (Phi) is 4.08. The molecule has 16 heavy (non-hydrogen) atoms. The van der Waals surface area contributed by atoms with Crippen LogP contribution >= 0.6 is 38.9 Å². The van der Waals surface area contributed by atoms with Crippen LogP contribution in [0.2, 0.25) is 4.34 Å². The molecule has 1 atom stereocenters. The van der Waals surface area contributed by atoms with Gasteiger partial charge in [-0.3, -0.25) is 0 Å². The molecule has 0 aliphatic heterocycles. The number of nitrogens with one attached hydrogen (secondary N) is 1. The van der Waals surface area contributed by atoms with E-state index in [-0.39, 0.29) is 6.04 Å². The first-order valence-electron chi connectivity index (χ1n) is 4.92. The third kappa shape index (κ3) is 2.51. The fraction of sp³-hybridized carbons (Fsp3) is 0.273. The molecule has 5 heteroatoms. The number of thiophene rings is 1. The molecular formula is C11H11BrClNOS. The van der Waals surface area contributed by atoms with Gasteiger partial charge < -0.3 is 9.73 Å². The topological polar surface area (TPSA) is 25.2 Å². The second-order valence-corrected chi connectivity index (χ2v) is 5.86. The summed E-state index contributed by atoms with van der Waals surface area (Å²) in [5.41, 5.74) is 1.12. The van der Waals surface area contributed by atoms with Crippen molar-refractivity contribution in [2.24, 2.45) is 0 Å². The van der Waals surface area contributed by atoms with Crippen molar-refractivity contribution in [2.75, 3.05) is 6.54 Å². The molecule has 0 radical (unpaired) electrons. The number of rotatable bonds is 4. The van der Waals surface area contributed by atoms with Gasteiger partial charge in [0.2, 0.25) is 0 Å². The summed E-state index contributed by atoms with van der Waals surface area (Å²) in [6, 6.07) is 4.17. The van der Waals surface area contributed by atoms with Crippen LogP contribution in [0.3, 0.4) is 0 Å². The Morgan fingerprint density at radius 2 is 2.44 bits per heavy atom. The van der Waals surface area contributed by atoms with Crippen molar-refractivity contribution in [1.82, 2.24) is 5.32 Å². The minimum atomic E-state index is 0.151. The maximum Gasteiger partial charge on any atom is 0.107 e. The third-order valence-corrected chi connectivity index (χ3v) is 4.77. The van der Waals surface area contributed by atoms with Crippen LogP contribution in [0.5, 0.6) is 0 Å². The summed E-state index contributed by atoms with van der Waals surface area (Å²) >= 11 is 11.1. The van der Waals surface area contributed by atoms with E-state index >= 15 is 0 Å². The average molecular weight is 321 g/mol. The molecule has 0 saturated heterocycles. The Labute approximate surface area is 112 Å². The molecule has 2 aromatic heterocycles. The third-order valence-electron chi connectivity index (χ3n) is 2.23. The van der Waals surface area contributed by atoms with E-state index < -0.39 is 0 Å². The highest BCUT2D eigenvalue weighted by Gasteiger charge is 2.17. The quantitative estimate of drug-likeness (QED) is 0.900. The molecule has 0 amide bonds. The van der Waals surface area contributed by atoms with E-state index in [9.17, 15) is 0 Å². The lowest BCUT2D eigenvalue weighted by Crippen LogP contribution is -2.20. The Morgan fingerprint density at radius 3 is 2.94 bits per heavy atom. The molecule has 0 fully saturated rings. The molecular weight excluding hydrogens is 310 g/mol. The zero-order chi connectivity index (χ0) is 11.5. The molecule has 0 aromatic carbocycles. The fourth-order valence-electron chi connectivity index (χ4n) is 1.53. The Morgan fingerprint density at radius 1 is 1.62 bits per heavy atom. The van der Waals surface area contributed by atoms with E-state index in [1.165, 1.54) is 4.88 Å². The summed E-state index contributed by atoms with van der Waals surface area (Å²) in [7, 11) is 0. The zero-order valence-corrected chi connectivity index (χ0v) is 11.8. The van der Waals surface area contributed by atoms with Crippen molar-refractivity contribution in [3.63, 3.8) is 0 Å². The Bertz CT molecular complexity index is 435. The molecule has 0 aliphatic rings. The van der Waals surface area contributed by atoms with Crippen LogP contribution in [-0.4, -0.2) is 6.54 Å². The molecule has 2 rings (SSSR count). The molecule has 1 N–H and O–H groups in total. The highest BCUT2D eigenvalue weighted by Crippen LogP contribution is 2.37. The van der Waals surface area contributed by atoms with Gasteiger partial charge in [-0.15, -0.1) is 11.3 Å². The van der Waals surface area contributed by atoms with Crippen molar-refractivity contribution in [3.8, 4) is 0 Å². The normalized spacial score (nSPS) is 12.9. The van der Waals surface area contributed by atoms with Crippen LogP contribution in [-0.2, 0) is 0 Å². The van der Waals surface area contributed by atoms with Gasteiger partial charge in [0.05, 0.1) is 18.6 Å². The first-order valence-corrected chi connectivity index (χ1v) is 6.91. The van der Waals surface area contributed by atoms with Gasteiger partial charge in [0.25, 0.3) is 0 Å². The summed E-state index contributed by atoms with van der Waals surface area (Å²) < 4.78 is 6.84. The standard InChI is InChI=1S/C11H11BrClNOS/c1-2-14-10(7-3-4-15-6-7)9-5-8(12)11(13)16-9/h3-6,10,14H,2H2,1H3. The van der Waals surface area contributed by atoms with Crippen LogP contribution in [0.15, 0.2) is 33.5 Å². The van der Waals surface area contributed by atoms with Crippen molar-refractivity contribution in [3.05, 3.63) is 43.9 Å². The second-order valence-electron chi connectivity index (χ2n) is 3.32. The first kappa shape index (κ1) is 12.2. The number of halogens is 2. The lowest BCUT2D eigenvalue weighted by Gasteiger charge is -2.13. The number of hydrogen-bond donors (Lipinski definition) is 1. The van der Waals surface area contributed by atoms with Crippen LogP contribution in [0.4, 0.5) is 0 Å². The lowest BCUT2D eigenvalue weighted by atomic mass is 10.1. The predicted molar refractivity (Wildman–Crippen MR) is 71.3 cm³/mol. The minimum absolute atomic E-state index is 0.151. The smallest absolute Gasteiger partial charge is 0.107 e. The zero-order valence-electron chi connectivity index (χ0n) is 8.67. The molecule has 86 valence electrons. The molecule has 2 heterocycles. The summed E-state index contributed by atoms with van der Waals surface area (Å²) in [6.45, 7) is 2.97. The van der Waals surface area contributed by atoms with Gasteiger partial charge in [0.15, 0.2) is 0 Å². The maximum absolute atomic E-state index is 6.06. The first-order chi connectivity index (χ1) is 7.72. The highest BCUT2D eigenvalue weighted by atomic mass is 79.9. The van der Waals surface area contributed by atoms with Crippen molar-refractivity contribution in [2.45, 2.75) is 13.0 Å². The van der Waals surface area contributed by atoms with Crippen LogP contribution in [0.25, 0.3) is 0 Å². The van der Waals surface area contributed by atoms with Gasteiger partial charge in [0.1, 0.15) is 4.34 Å². The summed E-state index contributed by atoms with van der Waals surface area (Å²) in [5, 5.41) is 3.41. The largest absolute Gasteiger partial charge is 0.472 e. The average Bonchev–Trinajstić information content (AvgIpc) is 2.86. The molecule has 2 nitrogen and oxygen atoms in total. The summed E-state index contributed by atoms with van der Waals surface area (Å²) in [4.78, 5) is 1.18. The van der Waals surface area contributed by atoms with Crippen LogP contribution < -0.4 is 5.32 Å². The summed E-state index contributed by atoms with van der Waals surface area (Å²) in [5.74, 6) is 0. The van der Waals surface area contributed by atoms with Gasteiger partial charge in [0, 0.05) is 14.9 Å². The maximum atomic E-state index is 6.06. The van der Waals surface area contributed by atoms with Crippen molar-refractivity contribution < 1.29 is 4.42 Å². The highest BCUT2D eigenvalue weighted by molar-refractivity contribution is 9.10.